The van der Waals surface area contributed by atoms with E-state index in [0.717, 1.165) is 13.2 Å². The molecule has 1 heterocycles. The predicted octanol–water partition coefficient (Wildman–Crippen LogP) is 5.03. The summed E-state index contributed by atoms with van der Waals surface area (Å²) in [4.78, 5) is 26.6. The number of methoxy groups -OCH3 is 1. The summed E-state index contributed by atoms with van der Waals surface area (Å²) in [5.74, 6) is -3.53. The Morgan fingerprint density at radius 2 is 1.91 bits per heavy atom. The zero-order chi connectivity index (χ0) is 24.7. The van der Waals surface area contributed by atoms with Crippen LogP contribution in [0.25, 0.3) is 0 Å². The summed E-state index contributed by atoms with van der Waals surface area (Å²) in [6.07, 6.45) is 0.770. The molecule has 5 nitrogen and oxygen atoms in total. The molecule has 4 atom stereocenters. The Kier molecular flexibility index (Phi) is 7.08. The minimum Gasteiger partial charge on any atom is -0.467 e. The molecule has 0 radical (unpaired) electrons. The number of carbonyl (C=O) groups excluding carboxylic acids is 2. The molecule has 1 fully saturated rings. The van der Waals surface area contributed by atoms with Gasteiger partial charge >= 0.3 is 5.97 Å². The SMILES string of the molecule is COC(=O)C1C(c2cccc(Cl)c2F)C(N)(c2ccc(Cl)cc2F)C(CC(C)(C)C)N1C=O. The number of hydrogen-bond donors (Lipinski definition) is 1. The van der Waals surface area contributed by atoms with Crippen molar-refractivity contribution in [3.05, 3.63) is 69.2 Å². The molecule has 2 aromatic carbocycles. The van der Waals surface area contributed by atoms with Gasteiger partial charge in [0, 0.05) is 16.5 Å². The van der Waals surface area contributed by atoms with E-state index in [1.807, 2.05) is 20.8 Å². The second-order valence-corrected chi connectivity index (χ2v) is 10.3. The molecule has 2 N–H and O–H groups in total. The Balaban J connectivity index is 2.42. The first kappa shape index (κ1) is 25.4. The molecule has 9 heteroatoms. The number of likely N-dealkylation sites (tertiary alicyclic amines) is 1. The molecule has 3 rings (SSSR count). The molecule has 0 aliphatic carbocycles. The Morgan fingerprint density at radius 1 is 1.24 bits per heavy atom. The number of hydrogen-bond acceptors (Lipinski definition) is 4. The van der Waals surface area contributed by atoms with Crippen LogP contribution in [0.5, 0.6) is 0 Å². The molecule has 2 aromatic rings. The average molecular weight is 499 g/mol. The number of nitrogens with zero attached hydrogens (tertiary/aromatic N) is 1. The largest absolute Gasteiger partial charge is 0.467 e. The van der Waals surface area contributed by atoms with Crippen molar-refractivity contribution >= 4 is 35.6 Å². The lowest BCUT2D eigenvalue weighted by Gasteiger charge is -2.40. The second-order valence-electron chi connectivity index (χ2n) is 9.48. The normalized spacial score (nSPS) is 25.2. The van der Waals surface area contributed by atoms with Crippen molar-refractivity contribution < 1.29 is 23.1 Å². The maximum atomic E-state index is 15.4. The summed E-state index contributed by atoms with van der Waals surface area (Å²) in [7, 11) is 1.16. The van der Waals surface area contributed by atoms with Gasteiger partial charge in [-0.05, 0) is 35.6 Å². The van der Waals surface area contributed by atoms with Crippen LogP contribution in [0.4, 0.5) is 8.78 Å². The Labute approximate surface area is 201 Å². The summed E-state index contributed by atoms with van der Waals surface area (Å²) >= 11 is 12.0. The van der Waals surface area contributed by atoms with Gasteiger partial charge in [0.15, 0.2) is 0 Å². The van der Waals surface area contributed by atoms with E-state index in [-0.39, 0.29) is 33.0 Å². The Morgan fingerprint density at radius 3 is 2.45 bits per heavy atom. The van der Waals surface area contributed by atoms with Gasteiger partial charge in [0.2, 0.25) is 6.41 Å². The van der Waals surface area contributed by atoms with Crippen molar-refractivity contribution in [1.29, 1.82) is 0 Å². The van der Waals surface area contributed by atoms with Crippen molar-refractivity contribution in [2.75, 3.05) is 7.11 Å². The quantitative estimate of drug-likeness (QED) is 0.463. The number of amides is 1. The summed E-state index contributed by atoms with van der Waals surface area (Å²) in [5, 5.41) is -0.0422. The third-order valence-electron chi connectivity index (χ3n) is 6.15. The zero-order valence-corrected chi connectivity index (χ0v) is 20.3. The van der Waals surface area contributed by atoms with Crippen molar-refractivity contribution in [2.45, 2.75) is 50.7 Å². The summed E-state index contributed by atoms with van der Waals surface area (Å²) in [6.45, 7) is 5.78. The molecular formula is C24H26Cl2F2N2O3. The van der Waals surface area contributed by atoms with Crippen molar-refractivity contribution in [3.63, 3.8) is 0 Å². The van der Waals surface area contributed by atoms with Gasteiger partial charge in [-0.15, -0.1) is 0 Å². The molecule has 33 heavy (non-hydrogen) atoms. The molecule has 0 aromatic heterocycles. The molecule has 1 aliphatic heterocycles. The van der Waals surface area contributed by atoms with E-state index < -0.39 is 41.1 Å². The highest BCUT2D eigenvalue weighted by molar-refractivity contribution is 6.31. The standard InChI is InChI=1S/C24H26Cl2F2N2O3/c1-23(2,3)11-18-24(29,15-9-8-13(25)10-17(15)27)19(14-6-5-7-16(26)20(14)28)21(22(32)33-4)30(18)12-31/h5-10,12,18-19,21H,11,29H2,1-4H3. The molecular weight excluding hydrogens is 473 g/mol. The van der Waals surface area contributed by atoms with Crippen LogP contribution in [0.15, 0.2) is 36.4 Å². The molecule has 4 unspecified atom stereocenters. The molecule has 0 bridgehead atoms. The fourth-order valence-corrected chi connectivity index (χ4v) is 5.17. The third-order valence-corrected chi connectivity index (χ3v) is 6.67. The van der Waals surface area contributed by atoms with Gasteiger partial charge in [-0.3, -0.25) is 4.79 Å². The van der Waals surface area contributed by atoms with Gasteiger partial charge in [0.1, 0.15) is 17.7 Å². The van der Waals surface area contributed by atoms with E-state index in [2.05, 4.69) is 0 Å². The van der Waals surface area contributed by atoms with Crippen molar-refractivity contribution in [1.82, 2.24) is 4.90 Å². The van der Waals surface area contributed by atoms with E-state index in [9.17, 15) is 9.59 Å². The third kappa shape index (κ3) is 4.46. The molecule has 0 saturated carbocycles. The highest BCUT2D eigenvalue weighted by Crippen LogP contribution is 2.53. The summed E-state index contributed by atoms with van der Waals surface area (Å²) in [6, 6.07) is 6.08. The van der Waals surface area contributed by atoms with Crippen LogP contribution >= 0.6 is 23.2 Å². The highest BCUT2D eigenvalue weighted by Gasteiger charge is 2.62. The van der Waals surface area contributed by atoms with Gasteiger partial charge in [0.25, 0.3) is 0 Å². The van der Waals surface area contributed by atoms with Gasteiger partial charge < -0.3 is 15.4 Å². The van der Waals surface area contributed by atoms with Crippen LogP contribution in [-0.4, -0.2) is 36.5 Å². The lowest BCUT2D eigenvalue weighted by Crippen LogP contribution is -2.53. The van der Waals surface area contributed by atoms with Crippen LogP contribution in [0.1, 0.15) is 44.2 Å². The van der Waals surface area contributed by atoms with E-state index in [1.54, 1.807) is 0 Å². The maximum absolute atomic E-state index is 15.4. The van der Waals surface area contributed by atoms with E-state index in [4.69, 9.17) is 33.7 Å². The van der Waals surface area contributed by atoms with Crippen LogP contribution < -0.4 is 5.73 Å². The maximum Gasteiger partial charge on any atom is 0.329 e. The predicted molar refractivity (Wildman–Crippen MR) is 123 cm³/mol. The number of esters is 1. The van der Waals surface area contributed by atoms with E-state index in [0.29, 0.717) is 6.41 Å². The number of nitrogens with two attached hydrogens (primary N) is 1. The number of benzene rings is 2. The highest BCUT2D eigenvalue weighted by atomic mass is 35.5. The molecule has 178 valence electrons. The lowest BCUT2D eigenvalue weighted by atomic mass is 9.68. The van der Waals surface area contributed by atoms with Crippen LogP contribution in [0, 0.1) is 17.0 Å². The number of ether oxygens (including phenoxy) is 1. The summed E-state index contributed by atoms with van der Waals surface area (Å²) in [5.41, 5.74) is 4.91. The average Bonchev–Trinajstić information content (AvgIpc) is 2.96. The van der Waals surface area contributed by atoms with Crippen LogP contribution in [0.3, 0.4) is 0 Å². The lowest BCUT2D eigenvalue weighted by molar-refractivity contribution is -0.149. The fourth-order valence-electron chi connectivity index (χ4n) is 4.83. The van der Waals surface area contributed by atoms with E-state index in [1.165, 1.54) is 35.2 Å². The Hall–Kier alpha value is -2.22. The number of rotatable bonds is 5. The number of carbonyl (C=O) groups is 2. The fraction of sp³-hybridized carbons (Fsp3) is 0.417. The first-order chi connectivity index (χ1) is 15.4. The first-order valence-electron chi connectivity index (χ1n) is 10.4. The van der Waals surface area contributed by atoms with Crippen LogP contribution in [0.2, 0.25) is 10.0 Å². The number of halogens is 4. The van der Waals surface area contributed by atoms with E-state index >= 15 is 8.78 Å². The van der Waals surface area contributed by atoms with Crippen molar-refractivity contribution in [2.24, 2.45) is 11.1 Å². The van der Waals surface area contributed by atoms with Gasteiger partial charge in [0.05, 0.1) is 23.7 Å². The second kappa shape index (κ2) is 9.20. The van der Waals surface area contributed by atoms with Gasteiger partial charge in [-0.1, -0.05) is 62.2 Å². The zero-order valence-electron chi connectivity index (χ0n) is 18.7. The topological polar surface area (TPSA) is 72.6 Å². The molecule has 0 spiro atoms. The monoisotopic (exact) mass is 498 g/mol. The van der Waals surface area contributed by atoms with Gasteiger partial charge in [-0.25, -0.2) is 13.6 Å². The Bertz CT molecular complexity index is 1080. The van der Waals surface area contributed by atoms with Crippen LogP contribution in [-0.2, 0) is 19.9 Å². The first-order valence-corrected chi connectivity index (χ1v) is 11.1. The minimum atomic E-state index is -1.72. The summed E-state index contributed by atoms with van der Waals surface area (Å²) < 4.78 is 35.7. The molecule has 1 amide bonds. The van der Waals surface area contributed by atoms with Crippen molar-refractivity contribution in [3.8, 4) is 0 Å². The molecule has 1 saturated heterocycles. The van der Waals surface area contributed by atoms with Gasteiger partial charge in [-0.2, -0.15) is 0 Å². The molecule has 1 aliphatic rings. The smallest absolute Gasteiger partial charge is 0.329 e. The minimum absolute atomic E-state index is 0.00350.